The molecule has 5 nitrogen and oxygen atoms in total. The molecule has 0 amide bonds. The van der Waals surface area contributed by atoms with Crippen LogP contribution in [0.15, 0.2) is 66.1 Å². The maximum Gasteiger partial charge on any atom is 0.0584 e. The number of hydrogen-bond donors (Lipinski definition) is 1. The van der Waals surface area contributed by atoms with E-state index in [9.17, 15) is 0 Å². The highest BCUT2D eigenvalue weighted by Gasteiger charge is 2.10. The molecule has 0 atom stereocenters. The highest BCUT2D eigenvalue weighted by atomic mass is 32.1. The molecule has 3 aromatic rings. The summed E-state index contributed by atoms with van der Waals surface area (Å²) in [5.74, 6) is 0. The van der Waals surface area contributed by atoms with Crippen LogP contribution in [0.2, 0.25) is 0 Å². The predicted molar refractivity (Wildman–Crippen MR) is 90.4 cm³/mol. The first-order chi connectivity index (χ1) is 10.8. The average Bonchev–Trinajstić information content (AvgIpc) is 3.21. The fraction of sp³-hybridized carbons (Fsp3) is 0.250. The smallest absolute Gasteiger partial charge is 0.0584 e. The number of thiol groups is 1. The lowest BCUT2D eigenvalue weighted by molar-refractivity contribution is 0.554. The topological polar surface area (TPSA) is 38.9 Å². The monoisotopic (exact) mass is 313 g/mol. The zero-order chi connectivity index (χ0) is 15.2. The van der Waals surface area contributed by atoms with Crippen LogP contribution in [-0.4, -0.2) is 32.7 Å². The van der Waals surface area contributed by atoms with Gasteiger partial charge in [0.25, 0.3) is 0 Å². The maximum atomic E-state index is 4.59. The lowest BCUT2D eigenvalue weighted by Crippen LogP contribution is -2.31. The number of benzene rings is 1. The third-order valence-corrected chi connectivity index (χ3v) is 3.92. The van der Waals surface area contributed by atoms with E-state index in [0.29, 0.717) is 0 Å². The number of rotatable bonds is 7. The Bertz CT molecular complexity index is 640. The van der Waals surface area contributed by atoms with Crippen molar-refractivity contribution in [2.45, 2.75) is 18.0 Å². The molecule has 1 aromatic carbocycles. The predicted octanol–water partition coefficient (Wildman–Crippen LogP) is 2.58. The van der Waals surface area contributed by atoms with Gasteiger partial charge in [-0.15, -0.1) is 12.6 Å². The maximum absolute atomic E-state index is 4.59. The van der Waals surface area contributed by atoms with Gasteiger partial charge in [0, 0.05) is 42.8 Å². The van der Waals surface area contributed by atoms with Gasteiger partial charge in [0.15, 0.2) is 0 Å². The van der Waals surface area contributed by atoms with Gasteiger partial charge in [-0.2, -0.15) is 10.2 Å². The molecule has 114 valence electrons. The Hall–Kier alpha value is -2.21. The van der Waals surface area contributed by atoms with Crippen molar-refractivity contribution < 1.29 is 0 Å². The Morgan fingerprint density at radius 3 is 1.95 bits per heavy atom. The van der Waals surface area contributed by atoms with Gasteiger partial charge in [-0.25, -0.2) is 0 Å². The molecule has 0 spiro atoms. The van der Waals surface area contributed by atoms with Gasteiger partial charge in [-0.05, 0) is 24.3 Å². The molecule has 0 fully saturated rings. The summed E-state index contributed by atoms with van der Waals surface area (Å²) in [4.78, 5) is 3.31. The Morgan fingerprint density at radius 1 is 0.864 bits per heavy atom. The second-order valence-corrected chi connectivity index (χ2v) is 5.50. The summed E-state index contributed by atoms with van der Waals surface area (Å²) in [6.45, 7) is 3.43. The van der Waals surface area contributed by atoms with Gasteiger partial charge in [-0.1, -0.05) is 12.1 Å². The molecule has 0 bridgehead atoms. The van der Waals surface area contributed by atoms with Crippen LogP contribution in [0.25, 0.3) is 0 Å². The molecule has 0 N–H and O–H groups in total. The number of hydrogen-bond acceptors (Lipinski definition) is 4. The summed E-state index contributed by atoms with van der Waals surface area (Å²) in [6.07, 6.45) is 7.58. The highest BCUT2D eigenvalue weighted by Crippen LogP contribution is 2.23. The largest absolute Gasteiger partial charge is 0.367 e. The summed E-state index contributed by atoms with van der Waals surface area (Å²) in [5.41, 5.74) is 1.14. The van der Waals surface area contributed by atoms with Crippen LogP contribution in [-0.2, 0) is 13.1 Å². The molecule has 0 saturated heterocycles. The first kappa shape index (κ1) is 14.7. The number of anilines is 1. The fourth-order valence-corrected chi connectivity index (χ4v) is 2.70. The van der Waals surface area contributed by atoms with Crippen molar-refractivity contribution >= 4 is 18.3 Å². The minimum atomic E-state index is 0.841. The fourth-order valence-electron chi connectivity index (χ4n) is 2.40. The van der Waals surface area contributed by atoms with E-state index in [0.717, 1.165) is 36.8 Å². The van der Waals surface area contributed by atoms with Crippen LogP contribution in [0.1, 0.15) is 0 Å². The van der Waals surface area contributed by atoms with Crippen molar-refractivity contribution in [1.82, 2.24) is 19.6 Å². The van der Waals surface area contributed by atoms with E-state index in [1.165, 1.54) is 0 Å². The van der Waals surface area contributed by atoms with Crippen molar-refractivity contribution in [1.29, 1.82) is 0 Å². The van der Waals surface area contributed by atoms with Crippen LogP contribution in [0, 0.1) is 0 Å². The highest BCUT2D eigenvalue weighted by molar-refractivity contribution is 7.80. The average molecular weight is 313 g/mol. The third-order valence-electron chi connectivity index (χ3n) is 3.54. The number of aromatic nitrogens is 4. The molecule has 6 heteroatoms. The van der Waals surface area contributed by atoms with Crippen LogP contribution in [0.4, 0.5) is 5.69 Å². The number of para-hydroxylation sites is 1. The van der Waals surface area contributed by atoms with E-state index in [1.807, 2.05) is 52.1 Å². The van der Waals surface area contributed by atoms with Crippen molar-refractivity contribution in [3.8, 4) is 0 Å². The van der Waals surface area contributed by atoms with Crippen molar-refractivity contribution in [3.63, 3.8) is 0 Å². The van der Waals surface area contributed by atoms with Gasteiger partial charge in [0.2, 0.25) is 0 Å². The van der Waals surface area contributed by atoms with E-state index < -0.39 is 0 Å². The Morgan fingerprint density at radius 2 is 1.45 bits per heavy atom. The molecule has 2 aromatic heterocycles. The third kappa shape index (κ3) is 3.71. The quantitative estimate of drug-likeness (QED) is 0.681. The molecule has 0 saturated carbocycles. The lowest BCUT2D eigenvalue weighted by Gasteiger charge is -2.26. The first-order valence-electron chi connectivity index (χ1n) is 7.31. The zero-order valence-electron chi connectivity index (χ0n) is 12.3. The SMILES string of the molecule is Sc1ccccc1N(CCn1cccn1)CCn1cccn1. The normalized spacial score (nSPS) is 10.8. The van der Waals surface area contributed by atoms with Gasteiger partial charge in [0.05, 0.1) is 18.8 Å². The first-order valence-corrected chi connectivity index (χ1v) is 7.75. The van der Waals surface area contributed by atoms with Gasteiger partial charge in [0.1, 0.15) is 0 Å². The van der Waals surface area contributed by atoms with Gasteiger partial charge < -0.3 is 4.90 Å². The van der Waals surface area contributed by atoms with Crippen LogP contribution >= 0.6 is 12.6 Å². The van der Waals surface area contributed by atoms with E-state index in [1.54, 1.807) is 12.4 Å². The minimum Gasteiger partial charge on any atom is -0.367 e. The van der Waals surface area contributed by atoms with Gasteiger partial charge >= 0.3 is 0 Å². The van der Waals surface area contributed by atoms with Crippen molar-refractivity contribution in [3.05, 3.63) is 61.2 Å². The molecule has 0 aliphatic carbocycles. The van der Waals surface area contributed by atoms with Crippen molar-refractivity contribution in [2.24, 2.45) is 0 Å². The lowest BCUT2D eigenvalue weighted by atomic mass is 10.2. The van der Waals surface area contributed by atoms with E-state index in [4.69, 9.17) is 0 Å². The second-order valence-electron chi connectivity index (χ2n) is 5.01. The van der Waals surface area contributed by atoms with Gasteiger partial charge in [-0.3, -0.25) is 9.36 Å². The second kappa shape index (κ2) is 7.17. The molecule has 0 aliphatic heterocycles. The van der Waals surface area contributed by atoms with Crippen LogP contribution in [0.5, 0.6) is 0 Å². The molecule has 2 heterocycles. The molecule has 22 heavy (non-hydrogen) atoms. The molecule has 0 unspecified atom stereocenters. The van der Waals surface area contributed by atoms with Crippen LogP contribution < -0.4 is 4.90 Å². The van der Waals surface area contributed by atoms with Crippen LogP contribution in [0.3, 0.4) is 0 Å². The molecular weight excluding hydrogens is 294 g/mol. The minimum absolute atomic E-state index is 0.841. The zero-order valence-corrected chi connectivity index (χ0v) is 13.2. The van der Waals surface area contributed by atoms with E-state index in [-0.39, 0.29) is 0 Å². The summed E-state index contributed by atoms with van der Waals surface area (Å²) in [5, 5.41) is 8.54. The Kier molecular flexibility index (Phi) is 4.80. The summed E-state index contributed by atoms with van der Waals surface area (Å²) in [6, 6.07) is 12.1. The van der Waals surface area contributed by atoms with E-state index >= 15 is 0 Å². The van der Waals surface area contributed by atoms with E-state index in [2.05, 4.69) is 33.8 Å². The summed E-state index contributed by atoms with van der Waals surface area (Å²) in [7, 11) is 0. The number of nitrogens with zero attached hydrogens (tertiary/aromatic N) is 5. The summed E-state index contributed by atoms with van der Waals surface area (Å²) < 4.78 is 3.89. The molecule has 0 aliphatic rings. The molecule has 0 radical (unpaired) electrons. The standard InChI is InChI=1S/C16H19N5S/c22-16-6-2-1-5-15(16)19(11-13-20-9-3-7-17-20)12-14-21-10-4-8-18-21/h1-10,22H,11-14H2. The Balaban J connectivity index is 1.71. The molecule has 3 rings (SSSR count). The van der Waals surface area contributed by atoms with Crippen molar-refractivity contribution in [2.75, 3.05) is 18.0 Å². The molecular formula is C16H19N5S. The summed E-state index contributed by atoms with van der Waals surface area (Å²) >= 11 is 4.59. The Labute approximate surface area is 135 Å².